The highest BCUT2D eigenvalue weighted by atomic mass is 16.5. The highest BCUT2D eigenvalue weighted by Gasteiger charge is 2.12. The molecule has 2 rings (SSSR count). The standard InChI is InChI=1S/C15H16N2O4/c1-19-12-4-3-5-13(20-2)14(12)21-11-8-6-10(7-9-11)15(16)17-18/h3-9,18H,1-2H3,(H2,16,17). The molecule has 0 fully saturated rings. The van der Waals surface area contributed by atoms with Gasteiger partial charge in [-0.05, 0) is 36.4 Å². The van der Waals surface area contributed by atoms with Gasteiger partial charge >= 0.3 is 0 Å². The smallest absolute Gasteiger partial charge is 0.210 e. The van der Waals surface area contributed by atoms with Crippen LogP contribution in [0.2, 0.25) is 0 Å². The van der Waals surface area contributed by atoms with E-state index in [0.717, 1.165) is 0 Å². The summed E-state index contributed by atoms with van der Waals surface area (Å²) in [6, 6.07) is 12.2. The van der Waals surface area contributed by atoms with Gasteiger partial charge in [-0.25, -0.2) is 0 Å². The lowest BCUT2D eigenvalue weighted by Gasteiger charge is -2.13. The molecule has 110 valence electrons. The number of benzene rings is 2. The zero-order valence-corrected chi connectivity index (χ0v) is 11.7. The first-order valence-corrected chi connectivity index (χ1v) is 6.16. The Kier molecular flexibility index (Phi) is 4.50. The molecule has 0 unspecified atom stereocenters. The number of ether oxygens (including phenoxy) is 3. The molecule has 6 nitrogen and oxygen atoms in total. The van der Waals surface area contributed by atoms with Crippen LogP contribution in [0.15, 0.2) is 47.6 Å². The average molecular weight is 288 g/mol. The number of hydrogen-bond acceptors (Lipinski definition) is 5. The van der Waals surface area contributed by atoms with Crippen LogP contribution in [-0.2, 0) is 0 Å². The molecule has 0 heterocycles. The maximum absolute atomic E-state index is 8.63. The Morgan fingerprint density at radius 3 is 2.05 bits per heavy atom. The number of nitrogens with two attached hydrogens (primary N) is 1. The molecule has 2 aromatic carbocycles. The first-order valence-electron chi connectivity index (χ1n) is 6.16. The van der Waals surface area contributed by atoms with E-state index >= 15 is 0 Å². The Balaban J connectivity index is 2.30. The Morgan fingerprint density at radius 2 is 1.57 bits per heavy atom. The van der Waals surface area contributed by atoms with E-state index in [-0.39, 0.29) is 5.84 Å². The van der Waals surface area contributed by atoms with Gasteiger partial charge in [0.15, 0.2) is 17.3 Å². The summed E-state index contributed by atoms with van der Waals surface area (Å²) >= 11 is 0. The maximum Gasteiger partial charge on any atom is 0.210 e. The molecule has 0 aliphatic rings. The Bertz CT molecular complexity index is 616. The molecule has 2 aromatic rings. The SMILES string of the molecule is COc1cccc(OC)c1Oc1ccc(/C(N)=N/O)cc1. The first kappa shape index (κ1) is 14.5. The van der Waals surface area contributed by atoms with Crippen molar-refractivity contribution in [3.63, 3.8) is 0 Å². The van der Waals surface area contributed by atoms with Crippen molar-refractivity contribution in [3.8, 4) is 23.0 Å². The molecule has 0 saturated carbocycles. The predicted molar refractivity (Wildman–Crippen MR) is 78.6 cm³/mol. The van der Waals surface area contributed by atoms with Gasteiger partial charge in [-0.3, -0.25) is 0 Å². The van der Waals surface area contributed by atoms with Gasteiger partial charge in [0.1, 0.15) is 5.75 Å². The Labute approximate surface area is 122 Å². The van der Waals surface area contributed by atoms with E-state index in [1.165, 1.54) is 0 Å². The highest BCUT2D eigenvalue weighted by molar-refractivity contribution is 5.97. The van der Waals surface area contributed by atoms with Crippen LogP contribution in [0.25, 0.3) is 0 Å². The summed E-state index contributed by atoms with van der Waals surface area (Å²) in [6.07, 6.45) is 0. The van der Waals surface area contributed by atoms with Gasteiger partial charge in [-0.2, -0.15) is 0 Å². The van der Waals surface area contributed by atoms with E-state index in [1.807, 2.05) is 6.07 Å². The molecule has 0 spiro atoms. The van der Waals surface area contributed by atoms with Crippen LogP contribution >= 0.6 is 0 Å². The van der Waals surface area contributed by atoms with E-state index in [9.17, 15) is 0 Å². The monoisotopic (exact) mass is 288 g/mol. The van der Waals surface area contributed by atoms with Crippen molar-refractivity contribution >= 4 is 5.84 Å². The zero-order valence-electron chi connectivity index (χ0n) is 11.7. The lowest BCUT2D eigenvalue weighted by molar-refractivity contribution is 0.318. The molecular formula is C15H16N2O4. The van der Waals surface area contributed by atoms with Crippen molar-refractivity contribution in [2.75, 3.05) is 14.2 Å². The van der Waals surface area contributed by atoms with E-state index in [2.05, 4.69) is 5.16 Å². The van der Waals surface area contributed by atoms with Crippen molar-refractivity contribution in [1.29, 1.82) is 0 Å². The minimum atomic E-state index is 0.0384. The van der Waals surface area contributed by atoms with Gasteiger partial charge in [0.05, 0.1) is 14.2 Å². The number of methoxy groups -OCH3 is 2. The fraction of sp³-hybridized carbons (Fsp3) is 0.133. The van der Waals surface area contributed by atoms with Crippen molar-refractivity contribution in [3.05, 3.63) is 48.0 Å². The normalized spacial score (nSPS) is 11.0. The molecular weight excluding hydrogens is 272 g/mol. The van der Waals surface area contributed by atoms with Gasteiger partial charge in [0, 0.05) is 5.56 Å². The fourth-order valence-corrected chi connectivity index (χ4v) is 1.79. The lowest BCUT2D eigenvalue weighted by Crippen LogP contribution is -2.12. The Morgan fingerprint density at radius 1 is 1.00 bits per heavy atom. The highest BCUT2D eigenvalue weighted by Crippen LogP contribution is 2.39. The van der Waals surface area contributed by atoms with Crippen LogP contribution in [0, 0.1) is 0 Å². The summed E-state index contributed by atoms with van der Waals surface area (Å²) in [6.45, 7) is 0. The summed E-state index contributed by atoms with van der Waals surface area (Å²) in [5.74, 6) is 2.23. The molecule has 0 aliphatic heterocycles. The molecule has 0 radical (unpaired) electrons. The fourth-order valence-electron chi connectivity index (χ4n) is 1.79. The number of para-hydroxylation sites is 1. The van der Waals surface area contributed by atoms with Crippen molar-refractivity contribution in [2.24, 2.45) is 10.9 Å². The molecule has 0 amide bonds. The second-order valence-corrected chi connectivity index (χ2v) is 4.10. The summed E-state index contributed by atoms with van der Waals surface area (Å²) in [7, 11) is 3.12. The maximum atomic E-state index is 8.63. The summed E-state index contributed by atoms with van der Waals surface area (Å²) in [5, 5.41) is 11.6. The number of amidine groups is 1. The van der Waals surface area contributed by atoms with Gasteiger partial charge in [0.25, 0.3) is 0 Å². The third-order valence-corrected chi connectivity index (χ3v) is 2.86. The lowest BCUT2D eigenvalue weighted by atomic mass is 10.2. The minimum Gasteiger partial charge on any atom is -0.493 e. The van der Waals surface area contributed by atoms with E-state index < -0.39 is 0 Å². The van der Waals surface area contributed by atoms with Crippen LogP contribution in [0.5, 0.6) is 23.0 Å². The molecule has 6 heteroatoms. The topological polar surface area (TPSA) is 86.3 Å². The average Bonchev–Trinajstić information content (AvgIpc) is 2.55. The second-order valence-electron chi connectivity index (χ2n) is 4.10. The van der Waals surface area contributed by atoms with Gasteiger partial charge in [-0.15, -0.1) is 0 Å². The molecule has 0 atom stereocenters. The summed E-state index contributed by atoms with van der Waals surface area (Å²) in [5.41, 5.74) is 6.10. The predicted octanol–water partition coefficient (Wildman–Crippen LogP) is 2.59. The first-order chi connectivity index (χ1) is 10.2. The van der Waals surface area contributed by atoms with Crippen molar-refractivity contribution in [2.45, 2.75) is 0 Å². The second kappa shape index (κ2) is 6.51. The third kappa shape index (κ3) is 3.17. The van der Waals surface area contributed by atoms with Crippen LogP contribution < -0.4 is 19.9 Å². The van der Waals surface area contributed by atoms with Crippen LogP contribution in [-0.4, -0.2) is 25.3 Å². The van der Waals surface area contributed by atoms with E-state index in [4.69, 9.17) is 25.2 Å². The molecule has 0 bridgehead atoms. The molecule has 0 saturated heterocycles. The van der Waals surface area contributed by atoms with Crippen molar-refractivity contribution in [1.82, 2.24) is 0 Å². The molecule has 0 aliphatic carbocycles. The van der Waals surface area contributed by atoms with Crippen LogP contribution in [0.4, 0.5) is 0 Å². The van der Waals surface area contributed by atoms with E-state index in [1.54, 1.807) is 50.6 Å². The van der Waals surface area contributed by atoms with Gasteiger partial charge in [-0.1, -0.05) is 11.2 Å². The zero-order chi connectivity index (χ0) is 15.2. The summed E-state index contributed by atoms with van der Waals surface area (Å²) < 4.78 is 16.3. The largest absolute Gasteiger partial charge is 0.493 e. The third-order valence-electron chi connectivity index (χ3n) is 2.86. The van der Waals surface area contributed by atoms with Crippen molar-refractivity contribution < 1.29 is 19.4 Å². The van der Waals surface area contributed by atoms with Gasteiger partial charge in [0.2, 0.25) is 5.75 Å². The summed E-state index contributed by atoms with van der Waals surface area (Å²) in [4.78, 5) is 0. The molecule has 0 aromatic heterocycles. The molecule has 3 N–H and O–H groups in total. The number of rotatable bonds is 5. The number of hydrogen-bond donors (Lipinski definition) is 2. The number of oxime groups is 1. The quantitative estimate of drug-likeness (QED) is 0.382. The number of nitrogens with zero attached hydrogens (tertiary/aromatic N) is 1. The molecule has 21 heavy (non-hydrogen) atoms. The Hall–Kier alpha value is -2.89. The van der Waals surface area contributed by atoms with Crippen LogP contribution in [0.3, 0.4) is 0 Å². The minimum absolute atomic E-state index is 0.0384. The van der Waals surface area contributed by atoms with Gasteiger partial charge < -0.3 is 25.2 Å². The van der Waals surface area contributed by atoms with E-state index in [0.29, 0.717) is 28.6 Å². The van der Waals surface area contributed by atoms with Crippen LogP contribution in [0.1, 0.15) is 5.56 Å².